The minimum atomic E-state index is -4.19. The number of rotatable bonds is 8. The fourth-order valence-corrected chi connectivity index (χ4v) is 7.63. The summed E-state index contributed by atoms with van der Waals surface area (Å²) in [5.41, 5.74) is -0.819. The van der Waals surface area contributed by atoms with Gasteiger partial charge in [-0.3, -0.25) is 19.0 Å². The number of carbonyl (C=O) groups excluding carboxylic acids is 5. The minimum Gasteiger partial charge on any atom is -0.459 e. The first-order chi connectivity index (χ1) is 26.3. The maximum atomic E-state index is 14.5. The average Bonchev–Trinajstić information content (AvgIpc) is 3.42. The van der Waals surface area contributed by atoms with Gasteiger partial charge in [0.2, 0.25) is 11.8 Å². The molecule has 1 aromatic heterocycles. The van der Waals surface area contributed by atoms with Gasteiger partial charge in [-0.1, -0.05) is 31.1 Å². The highest BCUT2D eigenvalue weighted by atomic mass is 32.2. The molecular formula is C37H55N9O9S. The van der Waals surface area contributed by atoms with Crippen LogP contribution in [0, 0.1) is 5.92 Å². The SMILES string of the molecule is CNC(=O)Nc1cccc2c1nc(O[C@@H]1C[C@H]3C(=O)N[C@]4(C(=O)NS(=O)(=O)N(C)C)C[C@@H]4/C=C\CCCCC[C@H](NC(=O)OC(C)(C)C)C(=O)N3C1)n2C(C)C. The summed E-state index contributed by atoms with van der Waals surface area (Å²) in [6, 6.07) is 2.72. The molecular weight excluding hydrogens is 747 g/mol. The van der Waals surface area contributed by atoms with Crippen molar-refractivity contribution < 1.29 is 41.9 Å². The van der Waals surface area contributed by atoms with Gasteiger partial charge in [0.05, 0.1) is 17.7 Å². The van der Waals surface area contributed by atoms with Crippen LogP contribution in [0.4, 0.5) is 15.3 Å². The molecule has 56 heavy (non-hydrogen) atoms. The zero-order valence-electron chi connectivity index (χ0n) is 33.3. The van der Waals surface area contributed by atoms with Crippen LogP contribution in [0.25, 0.3) is 11.0 Å². The lowest BCUT2D eigenvalue weighted by molar-refractivity contribution is -0.141. The number of urea groups is 1. The van der Waals surface area contributed by atoms with E-state index in [2.05, 4.69) is 26.0 Å². The van der Waals surface area contributed by atoms with Crippen molar-refractivity contribution in [1.82, 2.24) is 39.4 Å². The minimum absolute atomic E-state index is 0.0183. The molecule has 0 spiro atoms. The van der Waals surface area contributed by atoms with Crippen molar-refractivity contribution in [2.75, 3.05) is 33.0 Å². The number of alkyl carbamates (subject to hydrolysis) is 1. The van der Waals surface area contributed by atoms with Gasteiger partial charge in [-0.15, -0.1) is 0 Å². The van der Waals surface area contributed by atoms with E-state index in [1.165, 1.54) is 26.0 Å². The van der Waals surface area contributed by atoms with Crippen LogP contribution < -0.4 is 30.7 Å². The fraction of sp³-hybridized carbons (Fsp3) is 0.622. The Labute approximate surface area is 327 Å². The number of hydrogen-bond donors (Lipinski definition) is 5. The molecule has 5 N–H and O–H groups in total. The molecule has 2 aromatic rings. The highest BCUT2D eigenvalue weighted by molar-refractivity contribution is 7.87. The number of ether oxygens (including phenoxy) is 2. The van der Waals surface area contributed by atoms with Crippen molar-refractivity contribution >= 4 is 56.8 Å². The normalized spacial score (nSPS) is 25.3. The smallest absolute Gasteiger partial charge is 0.408 e. The fourth-order valence-electron chi connectivity index (χ4n) is 7.03. The van der Waals surface area contributed by atoms with E-state index in [0.717, 1.165) is 17.1 Å². The van der Waals surface area contributed by atoms with E-state index in [1.54, 1.807) is 32.9 Å². The molecule has 0 bridgehead atoms. The third-order valence-corrected chi connectivity index (χ3v) is 11.4. The lowest BCUT2D eigenvalue weighted by Crippen LogP contribution is -2.58. The second kappa shape index (κ2) is 16.7. The van der Waals surface area contributed by atoms with Gasteiger partial charge in [0, 0.05) is 39.5 Å². The monoisotopic (exact) mass is 801 g/mol. The van der Waals surface area contributed by atoms with Gasteiger partial charge in [0.25, 0.3) is 11.9 Å². The molecule has 6 amide bonds. The van der Waals surface area contributed by atoms with Crippen molar-refractivity contribution in [2.45, 2.75) is 115 Å². The summed E-state index contributed by atoms with van der Waals surface area (Å²) in [6.07, 6.45) is 5.32. The van der Waals surface area contributed by atoms with Crippen molar-refractivity contribution in [3.05, 3.63) is 30.4 Å². The third-order valence-electron chi connectivity index (χ3n) is 9.99. The predicted octanol–water partition coefficient (Wildman–Crippen LogP) is 2.93. The largest absolute Gasteiger partial charge is 0.459 e. The summed E-state index contributed by atoms with van der Waals surface area (Å²) in [7, 11) is -0.130. The first kappa shape index (κ1) is 42.2. The van der Waals surface area contributed by atoms with Crippen LogP contribution >= 0.6 is 0 Å². The van der Waals surface area contributed by atoms with Crippen molar-refractivity contribution in [2.24, 2.45) is 5.92 Å². The molecule has 3 heterocycles. The van der Waals surface area contributed by atoms with E-state index in [4.69, 9.17) is 14.5 Å². The third kappa shape index (κ3) is 9.54. The van der Waals surface area contributed by atoms with E-state index in [-0.39, 0.29) is 37.9 Å². The molecule has 0 radical (unpaired) electrons. The van der Waals surface area contributed by atoms with Crippen LogP contribution in [-0.2, 0) is 29.3 Å². The van der Waals surface area contributed by atoms with E-state index in [0.29, 0.717) is 29.6 Å². The molecule has 2 fully saturated rings. The van der Waals surface area contributed by atoms with Crippen LogP contribution in [0.15, 0.2) is 30.4 Å². The van der Waals surface area contributed by atoms with Gasteiger partial charge in [0.1, 0.15) is 34.8 Å². The van der Waals surface area contributed by atoms with Gasteiger partial charge < -0.3 is 35.6 Å². The number of aromatic nitrogens is 2. The van der Waals surface area contributed by atoms with Gasteiger partial charge in [-0.25, -0.2) is 14.3 Å². The molecule has 19 heteroatoms. The Balaban J connectivity index is 1.51. The zero-order valence-corrected chi connectivity index (χ0v) is 34.1. The number of anilines is 1. The summed E-state index contributed by atoms with van der Waals surface area (Å²) < 4.78 is 42.3. The Morgan fingerprint density at radius 2 is 1.84 bits per heavy atom. The molecule has 5 rings (SSSR count). The summed E-state index contributed by atoms with van der Waals surface area (Å²) in [4.78, 5) is 74.0. The second-order valence-electron chi connectivity index (χ2n) is 16.0. The van der Waals surface area contributed by atoms with Crippen molar-refractivity contribution in [1.29, 1.82) is 0 Å². The molecule has 0 unspecified atom stereocenters. The first-order valence-corrected chi connectivity index (χ1v) is 20.4. The number of benzene rings is 1. The number of imidazole rings is 1. The number of nitrogens with zero attached hydrogens (tertiary/aromatic N) is 4. The van der Waals surface area contributed by atoms with E-state index in [9.17, 15) is 32.4 Å². The van der Waals surface area contributed by atoms with E-state index in [1.807, 2.05) is 36.6 Å². The van der Waals surface area contributed by atoms with Crippen molar-refractivity contribution in [3.8, 4) is 6.01 Å². The second-order valence-corrected chi connectivity index (χ2v) is 17.9. The maximum absolute atomic E-state index is 14.5. The number of nitrogens with one attached hydrogen (secondary N) is 5. The van der Waals surface area contributed by atoms with Gasteiger partial charge in [-0.2, -0.15) is 17.7 Å². The summed E-state index contributed by atoms with van der Waals surface area (Å²) in [5.74, 6) is -2.60. The molecule has 1 saturated carbocycles. The highest BCUT2D eigenvalue weighted by Gasteiger charge is 2.62. The number of fused-ring (bicyclic) bond motifs is 3. The molecule has 18 nitrogen and oxygen atoms in total. The van der Waals surface area contributed by atoms with Gasteiger partial charge >= 0.3 is 22.3 Å². The molecule has 1 aromatic carbocycles. The van der Waals surface area contributed by atoms with Crippen LogP contribution in [-0.4, -0.2) is 114 Å². The highest BCUT2D eigenvalue weighted by Crippen LogP contribution is 2.46. The van der Waals surface area contributed by atoms with Crippen LogP contribution in [0.2, 0.25) is 0 Å². The quantitative estimate of drug-likeness (QED) is 0.246. The number of hydrogen-bond acceptors (Lipinski definition) is 10. The number of carbonyl (C=O) groups is 5. The molecule has 5 atom stereocenters. The van der Waals surface area contributed by atoms with Crippen LogP contribution in [0.1, 0.15) is 85.6 Å². The van der Waals surface area contributed by atoms with Gasteiger partial charge in [-0.05, 0) is 72.4 Å². The summed E-state index contributed by atoms with van der Waals surface area (Å²) >= 11 is 0. The Bertz CT molecular complexity index is 1970. The maximum Gasteiger partial charge on any atom is 0.408 e. The molecule has 308 valence electrons. The van der Waals surface area contributed by atoms with E-state index < -0.39 is 75.3 Å². The number of amides is 6. The zero-order chi connectivity index (χ0) is 41.2. The molecule has 1 aliphatic carbocycles. The lowest BCUT2D eigenvalue weighted by Gasteiger charge is -2.30. The number of allylic oxidation sites excluding steroid dienone is 1. The van der Waals surface area contributed by atoms with E-state index >= 15 is 0 Å². The van der Waals surface area contributed by atoms with Crippen LogP contribution in [0.5, 0.6) is 6.01 Å². The molecule has 3 aliphatic rings. The standard InChI is InChI=1S/C37H55N9O9S/c1-22(2)46-27-18-14-17-25(39-33(50)38-6)29(27)41-34(46)54-24-19-28-30(47)42-37(32(49)43-56(52,53)44(7)8)20-23(37)15-12-10-9-11-13-16-26(31(48)45(28)21-24)40-35(51)55-36(3,4)5/h12,14-15,17-18,22-24,26,28H,9-11,13,16,19-21H2,1-8H3,(H,40,51)(H,42,47)(H,43,49)(H2,38,39,50)/b15-12-/t23-,24+,26-,28-,37+/m0/s1. The Morgan fingerprint density at radius 1 is 1.11 bits per heavy atom. The average molecular weight is 802 g/mol. The van der Waals surface area contributed by atoms with Crippen molar-refractivity contribution in [3.63, 3.8) is 0 Å². The van der Waals surface area contributed by atoms with Gasteiger partial charge in [0.15, 0.2) is 0 Å². The topological polar surface area (TPSA) is 222 Å². The number of para-hydroxylation sites is 1. The summed E-state index contributed by atoms with van der Waals surface area (Å²) in [6.45, 7) is 8.94. The Hall–Kier alpha value is -4.91. The van der Waals surface area contributed by atoms with Crippen LogP contribution in [0.3, 0.4) is 0 Å². The predicted molar refractivity (Wildman–Crippen MR) is 208 cm³/mol. The lowest BCUT2D eigenvalue weighted by atomic mass is 10.0. The summed E-state index contributed by atoms with van der Waals surface area (Å²) in [5, 5.41) is 10.9. The Morgan fingerprint density at radius 3 is 2.50 bits per heavy atom. The molecule has 2 aliphatic heterocycles. The molecule has 1 saturated heterocycles. The Kier molecular flexibility index (Phi) is 12.6. The first-order valence-electron chi connectivity index (χ1n) is 19.0.